The minimum atomic E-state index is 0.345. The van der Waals surface area contributed by atoms with Gasteiger partial charge in [-0.2, -0.15) is 5.10 Å². The van der Waals surface area contributed by atoms with Gasteiger partial charge in [0, 0.05) is 36.7 Å². The predicted molar refractivity (Wildman–Crippen MR) is 107 cm³/mol. The van der Waals surface area contributed by atoms with Crippen molar-refractivity contribution in [2.24, 2.45) is 0 Å². The maximum atomic E-state index is 6.40. The molecule has 0 bridgehead atoms. The number of pyridine rings is 1. The second-order valence-electron chi connectivity index (χ2n) is 7.34. The molecule has 2 aliphatic rings. The Hall–Kier alpha value is -2.86. The maximum absolute atomic E-state index is 6.40. The van der Waals surface area contributed by atoms with Gasteiger partial charge in [0.25, 0.3) is 0 Å². The van der Waals surface area contributed by atoms with Crippen molar-refractivity contribution in [3.63, 3.8) is 0 Å². The lowest BCUT2D eigenvalue weighted by atomic mass is 10.1. The van der Waals surface area contributed by atoms with Crippen LogP contribution in [0.4, 0.5) is 11.5 Å². The minimum absolute atomic E-state index is 0.345. The summed E-state index contributed by atoms with van der Waals surface area (Å²) in [5.74, 6) is 2.44. The standard InChI is InChI=1S/C22H24N4O2/c1-2-5-16(6-3-1)24-21-15-18(9-12-23-21)28-22-19-7-4-8-20(19)25-26(22)17-10-13-27-14-11-17/h1-3,5-6,9,12,15,17H,4,7-8,10-11,13-14H2,(H,23,24). The van der Waals surface area contributed by atoms with E-state index in [-0.39, 0.29) is 0 Å². The molecule has 0 unspecified atom stereocenters. The van der Waals surface area contributed by atoms with E-state index in [2.05, 4.69) is 15.0 Å². The van der Waals surface area contributed by atoms with Crippen LogP contribution in [0, 0.1) is 0 Å². The number of nitrogens with zero attached hydrogens (tertiary/aromatic N) is 3. The molecule has 1 aromatic carbocycles. The Balaban J connectivity index is 1.42. The molecule has 0 radical (unpaired) electrons. The predicted octanol–water partition coefficient (Wildman–Crippen LogP) is 4.65. The number of rotatable bonds is 5. The van der Waals surface area contributed by atoms with E-state index in [1.54, 1.807) is 6.20 Å². The van der Waals surface area contributed by atoms with Crippen LogP contribution in [0.3, 0.4) is 0 Å². The zero-order valence-electron chi connectivity index (χ0n) is 15.8. The molecule has 5 rings (SSSR count). The average molecular weight is 376 g/mol. The lowest BCUT2D eigenvalue weighted by molar-refractivity contribution is 0.0641. The molecule has 3 heterocycles. The van der Waals surface area contributed by atoms with Crippen molar-refractivity contribution >= 4 is 11.5 Å². The van der Waals surface area contributed by atoms with Crippen LogP contribution in [0.25, 0.3) is 0 Å². The molecule has 0 spiro atoms. The molecule has 1 saturated heterocycles. The number of fused-ring (bicyclic) bond motifs is 1. The van der Waals surface area contributed by atoms with Crippen molar-refractivity contribution in [1.82, 2.24) is 14.8 Å². The highest BCUT2D eigenvalue weighted by molar-refractivity contribution is 5.57. The van der Waals surface area contributed by atoms with Gasteiger partial charge in [0.1, 0.15) is 11.6 Å². The molecule has 1 N–H and O–H groups in total. The van der Waals surface area contributed by atoms with Crippen molar-refractivity contribution in [1.29, 1.82) is 0 Å². The zero-order chi connectivity index (χ0) is 18.8. The van der Waals surface area contributed by atoms with E-state index in [9.17, 15) is 0 Å². The van der Waals surface area contributed by atoms with Crippen LogP contribution >= 0.6 is 0 Å². The van der Waals surface area contributed by atoms with E-state index < -0.39 is 0 Å². The summed E-state index contributed by atoms with van der Waals surface area (Å²) >= 11 is 0. The normalized spacial score (nSPS) is 16.7. The van der Waals surface area contributed by atoms with Crippen molar-refractivity contribution in [3.05, 3.63) is 59.9 Å². The van der Waals surface area contributed by atoms with Crippen LogP contribution in [0.2, 0.25) is 0 Å². The van der Waals surface area contributed by atoms with Crippen molar-refractivity contribution in [3.8, 4) is 11.6 Å². The summed E-state index contributed by atoms with van der Waals surface area (Å²) in [6.07, 6.45) is 6.96. The van der Waals surface area contributed by atoms with Crippen molar-refractivity contribution < 1.29 is 9.47 Å². The van der Waals surface area contributed by atoms with Gasteiger partial charge in [-0.15, -0.1) is 0 Å². The van der Waals surface area contributed by atoms with Gasteiger partial charge in [-0.05, 0) is 50.3 Å². The number of hydrogen-bond donors (Lipinski definition) is 1. The second kappa shape index (κ2) is 7.64. The number of hydrogen-bond acceptors (Lipinski definition) is 5. The minimum Gasteiger partial charge on any atom is -0.439 e. The van der Waals surface area contributed by atoms with E-state index >= 15 is 0 Å². The Kier molecular flexibility index (Phi) is 4.71. The van der Waals surface area contributed by atoms with Gasteiger partial charge in [0.05, 0.1) is 11.7 Å². The Morgan fingerprint density at radius 2 is 1.93 bits per heavy atom. The monoisotopic (exact) mass is 376 g/mol. The summed E-state index contributed by atoms with van der Waals surface area (Å²) in [6.45, 7) is 1.57. The number of aryl methyl sites for hydroxylation is 1. The van der Waals surface area contributed by atoms with Crippen LogP contribution in [0.1, 0.15) is 36.6 Å². The van der Waals surface area contributed by atoms with Crippen LogP contribution in [0.15, 0.2) is 48.7 Å². The van der Waals surface area contributed by atoms with Crippen molar-refractivity contribution in [2.75, 3.05) is 18.5 Å². The fourth-order valence-electron chi connectivity index (χ4n) is 3.99. The van der Waals surface area contributed by atoms with Gasteiger partial charge in [0.15, 0.2) is 0 Å². The van der Waals surface area contributed by atoms with E-state index in [0.717, 1.165) is 68.5 Å². The van der Waals surface area contributed by atoms with E-state index in [4.69, 9.17) is 14.6 Å². The number of para-hydroxylation sites is 1. The lowest BCUT2D eigenvalue weighted by Gasteiger charge is -2.24. The summed E-state index contributed by atoms with van der Waals surface area (Å²) in [7, 11) is 0. The maximum Gasteiger partial charge on any atom is 0.221 e. The number of anilines is 2. The van der Waals surface area contributed by atoms with Gasteiger partial charge >= 0.3 is 0 Å². The smallest absolute Gasteiger partial charge is 0.221 e. The summed E-state index contributed by atoms with van der Waals surface area (Å²) < 4.78 is 14.0. The van der Waals surface area contributed by atoms with Crippen LogP contribution in [-0.4, -0.2) is 28.0 Å². The highest BCUT2D eigenvalue weighted by Crippen LogP contribution is 2.38. The number of benzene rings is 1. The van der Waals surface area contributed by atoms with Crippen molar-refractivity contribution in [2.45, 2.75) is 38.1 Å². The summed E-state index contributed by atoms with van der Waals surface area (Å²) in [6, 6.07) is 14.2. The van der Waals surface area contributed by atoms with E-state index in [1.165, 1.54) is 11.3 Å². The van der Waals surface area contributed by atoms with E-state index in [0.29, 0.717) is 6.04 Å². The third kappa shape index (κ3) is 3.47. The lowest BCUT2D eigenvalue weighted by Crippen LogP contribution is -2.21. The quantitative estimate of drug-likeness (QED) is 0.702. The highest BCUT2D eigenvalue weighted by Gasteiger charge is 2.28. The zero-order valence-corrected chi connectivity index (χ0v) is 15.8. The Morgan fingerprint density at radius 1 is 1.07 bits per heavy atom. The van der Waals surface area contributed by atoms with Gasteiger partial charge in [-0.1, -0.05) is 18.2 Å². The molecule has 6 nitrogen and oxygen atoms in total. The first kappa shape index (κ1) is 17.3. The largest absolute Gasteiger partial charge is 0.439 e. The first-order valence-corrected chi connectivity index (χ1v) is 10.0. The molecule has 1 fully saturated rings. The van der Waals surface area contributed by atoms with Crippen LogP contribution in [-0.2, 0) is 17.6 Å². The Morgan fingerprint density at radius 3 is 2.79 bits per heavy atom. The molecule has 0 amide bonds. The summed E-state index contributed by atoms with van der Waals surface area (Å²) in [5.41, 5.74) is 3.46. The fourth-order valence-corrected chi connectivity index (χ4v) is 3.99. The topological polar surface area (TPSA) is 61.2 Å². The third-order valence-corrected chi connectivity index (χ3v) is 5.41. The molecule has 1 aliphatic heterocycles. The van der Waals surface area contributed by atoms with Crippen LogP contribution in [0.5, 0.6) is 11.6 Å². The van der Waals surface area contributed by atoms with Crippen LogP contribution < -0.4 is 10.1 Å². The number of ether oxygens (including phenoxy) is 2. The van der Waals surface area contributed by atoms with E-state index in [1.807, 2.05) is 42.5 Å². The molecule has 0 atom stereocenters. The molecule has 1 aliphatic carbocycles. The Bertz CT molecular complexity index is 948. The molecule has 3 aromatic rings. The number of nitrogens with one attached hydrogen (secondary N) is 1. The van der Waals surface area contributed by atoms with Gasteiger partial charge in [-0.25, -0.2) is 9.67 Å². The summed E-state index contributed by atoms with van der Waals surface area (Å²) in [5, 5.41) is 8.23. The average Bonchev–Trinajstić information content (AvgIpc) is 3.33. The Labute approximate surface area is 164 Å². The molecular formula is C22H24N4O2. The third-order valence-electron chi connectivity index (χ3n) is 5.41. The molecule has 144 valence electrons. The highest BCUT2D eigenvalue weighted by atomic mass is 16.5. The molecule has 6 heteroatoms. The molecular weight excluding hydrogens is 352 g/mol. The fraction of sp³-hybridized carbons (Fsp3) is 0.364. The summed E-state index contributed by atoms with van der Waals surface area (Å²) in [4.78, 5) is 4.42. The van der Waals surface area contributed by atoms with Gasteiger partial charge in [0.2, 0.25) is 5.88 Å². The first-order chi connectivity index (χ1) is 13.9. The first-order valence-electron chi connectivity index (χ1n) is 10.0. The number of aromatic nitrogens is 3. The second-order valence-corrected chi connectivity index (χ2v) is 7.34. The van der Waals surface area contributed by atoms with Gasteiger partial charge < -0.3 is 14.8 Å². The SMILES string of the molecule is c1ccc(Nc2cc(Oc3c4c(nn3C3CCOCC3)CCC4)ccn2)cc1. The molecule has 28 heavy (non-hydrogen) atoms. The molecule has 2 aromatic heterocycles. The van der Waals surface area contributed by atoms with Gasteiger partial charge in [-0.3, -0.25) is 0 Å². The molecule has 0 saturated carbocycles.